The van der Waals surface area contributed by atoms with E-state index in [-0.39, 0.29) is 5.78 Å². The zero-order chi connectivity index (χ0) is 13.8. The third-order valence-electron chi connectivity index (χ3n) is 2.62. The number of rotatable bonds is 4. The molecule has 0 saturated carbocycles. The lowest BCUT2D eigenvalue weighted by Crippen LogP contribution is -2.23. The van der Waals surface area contributed by atoms with Gasteiger partial charge in [0.05, 0.1) is 0 Å². The molecule has 1 atom stereocenters. The number of halogens is 2. The Morgan fingerprint density at radius 2 is 1.42 bits per heavy atom. The van der Waals surface area contributed by atoms with Gasteiger partial charge in [0.2, 0.25) is 5.78 Å². The van der Waals surface area contributed by atoms with E-state index in [1.165, 1.54) is 0 Å². The van der Waals surface area contributed by atoms with Gasteiger partial charge in [-0.15, -0.1) is 0 Å². The Morgan fingerprint density at radius 3 is 1.95 bits per heavy atom. The fourth-order valence-electron chi connectivity index (χ4n) is 1.62. The van der Waals surface area contributed by atoms with Crippen molar-refractivity contribution in [3.63, 3.8) is 0 Å². The van der Waals surface area contributed by atoms with Gasteiger partial charge in [-0.3, -0.25) is 4.79 Å². The molecule has 0 radical (unpaired) electrons. The highest BCUT2D eigenvalue weighted by Gasteiger charge is 2.16. The maximum absolute atomic E-state index is 12.2. The van der Waals surface area contributed by atoms with Crippen molar-refractivity contribution in [1.82, 2.24) is 0 Å². The zero-order valence-corrected chi connectivity index (χ0v) is 13.4. The van der Waals surface area contributed by atoms with Gasteiger partial charge in [-0.05, 0) is 43.3 Å². The molecule has 0 saturated heterocycles. The molecule has 0 spiro atoms. The molecule has 0 heterocycles. The molecule has 0 N–H and O–H groups in total. The number of benzene rings is 2. The van der Waals surface area contributed by atoms with Crippen LogP contribution in [0.2, 0.25) is 0 Å². The van der Waals surface area contributed by atoms with Gasteiger partial charge in [0, 0.05) is 14.5 Å². The average Bonchev–Trinajstić information content (AvgIpc) is 2.41. The van der Waals surface area contributed by atoms with Crippen LogP contribution in [0.25, 0.3) is 0 Å². The first-order valence-corrected chi connectivity index (χ1v) is 7.37. The maximum atomic E-state index is 12.2. The fraction of sp³-hybridized carbons (Fsp3) is 0.133. The van der Waals surface area contributed by atoms with Crippen molar-refractivity contribution in [3.8, 4) is 5.75 Å². The highest BCUT2D eigenvalue weighted by atomic mass is 79.9. The van der Waals surface area contributed by atoms with Gasteiger partial charge >= 0.3 is 0 Å². The van der Waals surface area contributed by atoms with Crippen molar-refractivity contribution >= 4 is 37.6 Å². The van der Waals surface area contributed by atoms with Crippen LogP contribution in [0.4, 0.5) is 0 Å². The summed E-state index contributed by atoms with van der Waals surface area (Å²) < 4.78 is 7.56. The number of ether oxygens (including phenoxy) is 1. The fourth-order valence-corrected chi connectivity index (χ4v) is 2.15. The van der Waals surface area contributed by atoms with Gasteiger partial charge < -0.3 is 4.74 Å². The second kappa shape index (κ2) is 6.35. The predicted octanol–water partition coefficient (Wildman–Crippen LogP) is 4.86. The summed E-state index contributed by atoms with van der Waals surface area (Å²) >= 11 is 6.70. The first-order chi connectivity index (χ1) is 9.06. The maximum Gasteiger partial charge on any atom is 0.202 e. The van der Waals surface area contributed by atoms with Crippen molar-refractivity contribution in [2.45, 2.75) is 13.0 Å². The van der Waals surface area contributed by atoms with Crippen molar-refractivity contribution in [2.24, 2.45) is 0 Å². The van der Waals surface area contributed by atoms with E-state index >= 15 is 0 Å². The van der Waals surface area contributed by atoms with Gasteiger partial charge in [0.25, 0.3) is 0 Å². The van der Waals surface area contributed by atoms with Gasteiger partial charge in [-0.25, -0.2) is 0 Å². The Balaban J connectivity index is 2.07. The normalized spacial score (nSPS) is 11.9. The van der Waals surface area contributed by atoms with Crippen LogP contribution >= 0.6 is 31.9 Å². The molecule has 98 valence electrons. The van der Waals surface area contributed by atoms with Gasteiger partial charge in [-0.2, -0.15) is 0 Å². The number of hydrogen-bond acceptors (Lipinski definition) is 2. The molecule has 0 aliphatic heterocycles. The Morgan fingerprint density at radius 1 is 0.947 bits per heavy atom. The Hall–Kier alpha value is -1.13. The van der Waals surface area contributed by atoms with Gasteiger partial charge in [-0.1, -0.05) is 44.0 Å². The molecule has 0 aliphatic carbocycles. The Labute approximate surface area is 129 Å². The molecular formula is C15H12Br2O2. The van der Waals surface area contributed by atoms with Crippen molar-refractivity contribution in [1.29, 1.82) is 0 Å². The molecule has 0 amide bonds. The lowest BCUT2D eigenvalue weighted by Gasteiger charge is -2.13. The summed E-state index contributed by atoms with van der Waals surface area (Å²) in [7, 11) is 0. The summed E-state index contributed by atoms with van der Waals surface area (Å²) in [4.78, 5) is 12.2. The van der Waals surface area contributed by atoms with Crippen LogP contribution in [0.5, 0.6) is 5.75 Å². The molecular weight excluding hydrogens is 372 g/mol. The van der Waals surface area contributed by atoms with Crippen LogP contribution in [0, 0.1) is 0 Å². The Kier molecular flexibility index (Phi) is 4.77. The molecule has 0 aromatic heterocycles. The van der Waals surface area contributed by atoms with E-state index in [2.05, 4.69) is 31.9 Å². The molecule has 4 heteroatoms. The Bertz CT molecular complexity index is 562. The topological polar surface area (TPSA) is 26.3 Å². The minimum atomic E-state index is -0.512. The van der Waals surface area contributed by atoms with Crippen LogP contribution < -0.4 is 4.74 Å². The summed E-state index contributed by atoms with van der Waals surface area (Å²) in [5, 5.41) is 0. The monoisotopic (exact) mass is 382 g/mol. The standard InChI is InChI=1S/C15H12Br2O2/c1-10(19-14-8-6-13(17)7-9-14)15(18)11-2-4-12(16)5-3-11/h2-10H,1H3/t10-/m1/s1. The number of carbonyl (C=O) groups is 1. The highest BCUT2D eigenvalue weighted by Crippen LogP contribution is 2.19. The third kappa shape index (κ3) is 3.91. The average molecular weight is 384 g/mol. The zero-order valence-electron chi connectivity index (χ0n) is 10.3. The van der Waals surface area contributed by atoms with Crippen LogP contribution in [0.3, 0.4) is 0 Å². The van der Waals surface area contributed by atoms with Gasteiger partial charge in [0.15, 0.2) is 6.10 Å². The van der Waals surface area contributed by atoms with E-state index in [0.717, 1.165) is 8.95 Å². The lowest BCUT2D eigenvalue weighted by molar-refractivity contribution is 0.0818. The summed E-state index contributed by atoms with van der Waals surface area (Å²) in [5.41, 5.74) is 0.646. The van der Waals surface area contributed by atoms with Crippen LogP contribution in [0.1, 0.15) is 17.3 Å². The van der Waals surface area contributed by atoms with Crippen molar-refractivity contribution < 1.29 is 9.53 Å². The molecule has 0 unspecified atom stereocenters. The van der Waals surface area contributed by atoms with Crippen LogP contribution in [-0.2, 0) is 0 Å². The van der Waals surface area contributed by atoms with Gasteiger partial charge in [0.1, 0.15) is 5.75 Å². The molecule has 2 aromatic carbocycles. The van der Waals surface area contributed by atoms with E-state index in [9.17, 15) is 4.79 Å². The number of carbonyl (C=O) groups excluding carboxylic acids is 1. The largest absolute Gasteiger partial charge is 0.483 e. The summed E-state index contributed by atoms with van der Waals surface area (Å²) in [6.45, 7) is 1.76. The van der Waals surface area contributed by atoms with Crippen molar-refractivity contribution in [3.05, 3.63) is 63.0 Å². The second-order valence-corrected chi connectivity index (χ2v) is 5.92. The van der Waals surface area contributed by atoms with Crippen molar-refractivity contribution in [2.75, 3.05) is 0 Å². The van der Waals surface area contributed by atoms with E-state index in [1.54, 1.807) is 19.1 Å². The minimum Gasteiger partial charge on any atom is -0.483 e. The first kappa shape index (κ1) is 14.3. The van der Waals surface area contributed by atoms with E-state index in [4.69, 9.17) is 4.74 Å². The quantitative estimate of drug-likeness (QED) is 0.704. The van der Waals surface area contributed by atoms with Crippen LogP contribution in [-0.4, -0.2) is 11.9 Å². The third-order valence-corrected chi connectivity index (χ3v) is 3.68. The number of hydrogen-bond donors (Lipinski definition) is 0. The van der Waals surface area contributed by atoms with E-state index in [1.807, 2.05) is 36.4 Å². The lowest BCUT2D eigenvalue weighted by atomic mass is 10.1. The smallest absolute Gasteiger partial charge is 0.202 e. The highest BCUT2D eigenvalue weighted by molar-refractivity contribution is 9.10. The van der Waals surface area contributed by atoms with E-state index < -0.39 is 6.10 Å². The molecule has 0 fully saturated rings. The summed E-state index contributed by atoms with van der Waals surface area (Å²) in [6, 6.07) is 14.7. The number of ketones is 1. The molecule has 19 heavy (non-hydrogen) atoms. The molecule has 0 aliphatic rings. The predicted molar refractivity (Wildman–Crippen MR) is 82.7 cm³/mol. The summed E-state index contributed by atoms with van der Waals surface area (Å²) in [5.74, 6) is 0.650. The molecule has 2 nitrogen and oxygen atoms in total. The number of Topliss-reactive ketones (excluding diaryl/α,β-unsaturated/α-hetero) is 1. The minimum absolute atomic E-state index is 0.0320. The molecule has 2 rings (SSSR count). The SMILES string of the molecule is C[C@@H](Oc1ccc(Br)cc1)C(=O)c1ccc(Br)cc1. The summed E-state index contributed by atoms with van der Waals surface area (Å²) in [6.07, 6.45) is -0.512. The second-order valence-electron chi connectivity index (χ2n) is 4.09. The first-order valence-electron chi connectivity index (χ1n) is 5.78. The van der Waals surface area contributed by atoms with Crippen LogP contribution in [0.15, 0.2) is 57.5 Å². The van der Waals surface area contributed by atoms with E-state index in [0.29, 0.717) is 11.3 Å². The molecule has 0 bridgehead atoms. The molecule has 2 aromatic rings.